The van der Waals surface area contributed by atoms with Gasteiger partial charge in [0.2, 0.25) is 0 Å². The number of carbonyl (C=O) groups is 1. The van der Waals surface area contributed by atoms with Gasteiger partial charge >= 0.3 is 0 Å². The molecule has 6 heteroatoms. The van der Waals surface area contributed by atoms with Crippen molar-refractivity contribution in [3.63, 3.8) is 0 Å². The van der Waals surface area contributed by atoms with E-state index in [1.807, 2.05) is 13.0 Å². The molecule has 2 heterocycles. The predicted octanol–water partition coefficient (Wildman–Crippen LogP) is 1.04. The number of aromatic nitrogens is 2. The normalized spacial score (nSPS) is 21.7. The van der Waals surface area contributed by atoms with Gasteiger partial charge < -0.3 is 10.4 Å². The molecule has 22 heavy (non-hydrogen) atoms. The molecule has 1 amide bonds. The number of nitrogens with zero attached hydrogens (tertiary/aromatic N) is 2. The van der Waals surface area contributed by atoms with Gasteiger partial charge in [0.25, 0.3) is 11.5 Å². The molecule has 1 aliphatic rings. The fourth-order valence-corrected chi connectivity index (χ4v) is 2.93. The van der Waals surface area contributed by atoms with Crippen molar-refractivity contribution < 1.29 is 9.90 Å². The molecule has 2 atom stereocenters. The standard InChI is InChI=1S/C16H19N3O3/c1-10-5-4-8-19-14(10)17-9-11(16(19)22)15(21)18-12-6-2-3-7-13(12)20/h4-5,8-9,12-13,20H,2-3,6-7H2,1H3,(H,18,21)/t12-,13-/m1/s1. The van der Waals surface area contributed by atoms with Crippen molar-refractivity contribution in [2.24, 2.45) is 0 Å². The monoisotopic (exact) mass is 301 g/mol. The maximum Gasteiger partial charge on any atom is 0.270 e. The van der Waals surface area contributed by atoms with Gasteiger partial charge in [0.1, 0.15) is 11.2 Å². The van der Waals surface area contributed by atoms with Gasteiger partial charge in [0.05, 0.1) is 12.1 Å². The van der Waals surface area contributed by atoms with Crippen molar-refractivity contribution in [1.29, 1.82) is 0 Å². The van der Waals surface area contributed by atoms with Crippen LogP contribution in [0.1, 0.15) is 41.6 Å². The summed E-state index contributed by atoms with van der Waals surface area (Å²) in [5.74, 6) is -0.473. The van der Waals surface area contributed by atoms with Gasteiger partial charge in [-0.05, 0) is 31.4 Å². The number of aliphatic hydroxyl groups excluding tert-OH is 1. The SMILES string of the molecule is Cc1cccn2c(=O)c(C(=O)N[C@@H]3CCCC[C@H]3O)cnc12. The Morgan fingerprint density at radius 1 is 1.41 bits per heavy atom. The summed E-state index contributed by atoms with van der Waals surface area (Å²) >= 11 is 0. The number of carbonyl (C=O) groups excluding carboxylic acids is 1. The maximum atomic E-state index is 12.4. The van der Waals surface area contributed by atoms with Crippen LogP contribution < -0.4 is 10.9 Å². The van der Waals surface area contributed by atoms with Crippen molar-refractivity contribution >= 4 is 11.6 Å². The molecule has 1 aliphatic carbocycles. The highest BCUT2D eigenvalue weighted by atomic mass is 16.3. The zero-order valence-corrected chi connectivity index (χ0v) is 12.5. The van der Waals surface area contributed by atoms with E-state index in [0.29, 0.717) is 12.1 Å². The highest BCUT2D eigenvalue weighted by Gasteiger charge is 2.26. The first-order valence-corrected chi connectivity index (χ1v) is 7.54. The number of fused-ring (bicyclic) bond motifs is 1. The lowest BCUT2D eigenvalue weighted by Gasteiger charge is -2.28. The molecule has 1 fully saturated rings. The molecule has 3 rings (SSSR count). The Kier molecular flexibility index (Phi) is 3.94. The molecule has 116 valence electrons. The molecule has 2 aromatic rings. The number of nitrogens with one attached hydrogen (secondary N) is 1. The summed E-state index contributed by atoms with van der Waals surface area (Å²) in [6, 6.07) is 3.32. The quantitative estimate of drug-likeness (QED) is 0.868. The number of pyridine rings is 1. The van der Waals surface area contributed by atoms with Crippen LogP contribution in [-0.2, 0) is 0 Å². The third-order valence-electron chi connectivity index (χ3n) is 4.22. The fraction of sp³-hybridized carbons (Fsp3) is 0.438. The molecule has 2 N–H and O–H groups in total. The van der Waals surface area contributed by atoms with Crippen molar-refractivity contribution in [3.05, 3.63) is 46.0 Å². The largest absolute Gasteiger partial charge is 0.391 e. The van der Waals surface area contributed by atoms with Gasteiger partial charge in [-0.15, -0.1) is 0 Å². The number of amides is 1. The Bertz CT molecular complexity index is 769. The van der Waals surface area contributed by atoms with Crippen molar-refractivity contribution in [3.8, 4) is 0 Å². The first-order valence-electron chi connectivity index (χ1n) is 7.54. The third-order valence-corrected chi connectivity index (χ3v) is 4.22. The van der Waals surface area contributed by atoms with E-state index in [9.17, 15) is 14.7 Å². The van der Waals surface area contributed by atoms with Crippen LogP contribution in [0.25, 0.3) is 5.65 Å². The van der Waals surface area contributed by atoms with Gasteiger partial charge in [-0.3, -0.25) is 14.0 Å². The van der Waals surface area contributed by atoms with E-state index in [1.54, 1.807) is 12.3 Å². The molecule has 0 aromatic carbocycles. The Labute approximate surface area is 127 Å². The van der Waals surface area contributed by atoms with Crippen molar-refractivity contribution in [1.82, 2.24) is 14.7 Å². The smallest absolute Gasteiger partial charge is 0.270 e. The second-order valence-electron chi connectivity index (χ2n) is 5.79. The summed E-state index contributed by atoms with van der Waals surface area (Å²) in [6.07, 6.45) is 5.71. The van der Waals surface area contributed by atoms with Gasteiger partial charge in [0.15, 0.2) is 0 Å². The molecule has 0 spiro atoms. The minimum atomic E-state index is -0.545. The van der Waals surface area contributed by atoms with E-state index in [1.165, 1.54) is 10.6 Å². The molecule has 0 unspecified atom stereocenters. The summed E-state index contributed by atoms with van der Waals surface area (Å²) in [6.45, 7) is 1.86. The minimum Gasteiger partial charge on any atom is -0.391 e. The van der Waals surface area contributed by atoms with Crippen LogP contribution in [-0.4, -0.2) is 32.5 Å². The van der Waals surface area contributed by atoms with E-state index in [4.69, 9.17) is 0 Å². The lowest BCUT2D eigenvalue weighted by atomic mass is 9.92. The number of rotatable bonds is 2. The number of aryl methyl sites for hydroxylation is 1. The summed E-state index contributed by atoms with van der Waals surface area (Å²) in [5.41, 5.74) is 1.02. The summed E-state index contributed by atoms with van der Waals surface area (Å²) in [7, 11) is 0. The fourth-order valence-electron chi connectivity index (χ4n) is 2.93. The van der Waals surface area contributed by atoms with Crippen molar-refractivity contribution in [2.45, 2.75) is 44.8 Å². The summed E-state index contributed by atoms with van der Waals surface area (Å²) in [5, 5.41) is 12.7. The van der Waals surface area contributed by atoms with E-state index in [-0.39, 0.29) is 11.6 Å². The lowest BCUT2D eigenvalue weighted by Crippen LogP contribution is -2.46. The van der Waals surface area contributed by atoms with Crippen LogP contribution in [0.5, 0.6) is 0 Å². The Morgan fingerprint density at radius 3 is 2.95 bits per heavy atom. The van der Waals surface area contributed by atoms with Crippen LogP contribution in [0.3, 0.4) is 0 Å². The van der Waals surface area contributed by atoms with E-state index < -0.39 is 17.6 Å². The molecular formula is C16H19N3O3. The molecule has 2 aromatic heterocycles. The molecular weight excluding hydrogens is 282 g/mol. The second-order valence-corrected chi connectivity index (χ2v) is 5.79. The van der Waals surface area contributed by atoms with Gasteiger partial charge in [-0.2, -0.15) is 0 Å². The highest BCUT2D eigenvalue weighted by Crippen LogP contribution is 2.18. The predicted molar refractivity (Wildman–Crippen MR) is 81.9 cm³/mol. The Balaban J connectivity index is 1.91. The Hall–Kier alpha value is -2.21. The zero-order chi connectivity index (χ0) is 15.7. The van der Waals surface area contributed by atoms with E-state index >= 15 is 0 Å². The van der Waals surface area contributed by atoms with Gasteiger partial charge in [-0.1, -0.05) is 18.9 Å². The first-order chi connectivity index (χ1) is 10.6. The molecule has 0 bridgehead atoms. The zero-order valence-electron chi connectivity index (χ0n) is 12.5. The topological polar surface area (TPSA) is 83.7 Å². The number of hydrogen-bond acceptors (Lipinski definition) is 4. The lowest BCUT2D eigenvalue weighted by molar-refractivity contribution is 0.0716. The second kappa shape index (κ2) is 5.88. The molecule has 1 saturated carbocycles. The maximum absolute atomic E-state index is 12.4. The summed E-state index contributed by atoms with van der Waals surface area (Å²) < 4.78 is 1.38. The van der Waals surface area contributed by atoms with Gasteiger partial charge in [-0.25, -0.2) is 4.98 Å². The van der Waals surface area contributed by atoms with Crippen LogP contribution in [0.2, 0.25) is 0 Å². The van der Waals surface area contributed by atoms with E-state index in [0.717, 1.165) is 24.8 Å². The van der Waals surface area contributed by atoms with Crippen LogP contribution in [0, 0.1) is 6.92 Å². The van der Waals surface area contributed by atoms with Crippen LogP contribution in [0.15, 0.2) is 29.3 Å². The van der Waals surface area contributed by atoms with Crippen molar-refractivity contribution in [2.75, 3.05) is 0 Å². The van der Waals surface area contributed by atoms with Crippen LogP contribution in [0.4, 0.5) is 0 Å². The Morgan fingerprint density at radius 2 is 2.18 bits per heavy atom. The number of aliphatic hydroxyl groups is 1. The molecule has 0 saturated heterocycles. The third kappa shape index (κ3) is 2.62. The highest BCUT2D eigenvalue weighted by molar-refractivity contribution is 5.94. The summed E-state index contributed by atoms with van der Waals surface area (Å²) in [4.78, 5) is 29.0. The molecule has 0 radical (unpaired) electrons. The van der Waals surface area contributed by atoms with Crippen LogP contribution >= 0.6 is 0 Å². The average molecular weight is 301 g/mol. The molecule has 6 nitrogen and oxygen atoms in total. The first kappa shape index (κ1) is 14.7. The number of hydrogen-bond donors (Lipinski definition) is 2. The van der Waals surface area contributed by atoms with Gasteiger partial charge in [0, 0.05) is 12.4 Å². The average Bonchev–Trinajstić information content (AvgIpc) is 2.51. The molecule has 0 aliphatic heterocycles. The van der Waals surface area contributed by atoms with E-state index in [2.05, 4.69) is 10.3 Å². The minimum absolute atomic E-state index is 0.000809.